The molecule has 0 spiro atoms. The van der Waals surface area contributed by atoms with Crippen LogP contribution in [-0.4, -0.2) is 28.7 Å². The Morgan fingerprint density at radius 2 is 2.47 bits per heavy atom. The number of alkyl halides is 1. The average molecular weight is 316 g/mol. The zero-order valence-electron chi connectivity index (χ0n) is 8.83. The van der Waals surface area contributed by atoms with Crippen molar-refractivity contribution in [3.63, 3.8) is 0 Å². The number of rotatable bonds is 2. The Bertz CT molecular complexity index is 348. The van der Waals surface area contributed by atoms with E-state index in [0.717, 1.165) is 12.0 Å². The summed E-state index contributed by atoms with van der Waals surface area (Å²) < 4.78 is 5.93. The molecule has 1 rings (SSSR count). The highest BCUT2D eigenvalue weighted by molar-refractivity contribution is 14.1. The Morgan fingerprint density at radius 1 is 1.73 bits per heavy atom. The predicted octanol–water partition coefficient (Wildman–Crippen LogP) is 1.90. The van der Waals surface area contributed by atoms with Gasteiger partial charge >= 0.3 is 0 Å². The van der Waals surface area contributed by atoms with Gasteiger partial charge in [0.05, 0.1) is 9.99 Å². The van der Waals surface area contributed by atoms with Crippen molar-refractivity contribution < 1.29 is 4.74 Å². The van der Waals surface area contributed by atoms with Crippen molar-refractivity contribution in [2.75, 3.05) is 13.7 Å². The van der Waals surface area contributed by atoms with Crippen LogP contribution in [0, 0.1) is 23.2 Å². The number of nitrogens with zero attached hydrogens (tertiary/aromatic N) is 2. The maximum atomic E-state index is 8.82. The van der Waals surface area contributed by atoms with Gasteiger partial charge in [0.25, 0.3) is 0 Å². The molecule has 4 heteroatoms. The summed E-state index contributed by atoms with van der Waals surface area (Å²) >= 11 is 2.32. The summed E-state index contributed by atoms with van der Waals surface area (Å²) in [6.07, 6.45) is 2.63. The highest BCUT2D eigenvalue weighted by Gasteiger charge is 2.27. The second-order valence-corrected chi connectivity index (χ2v) is 4.88. The standard InChI is InChI=1S/C11H13IN2O/c1-3-4-5-15-11-10(12)6-9(7-13)8-14(11)2/h8,10-11H,5-6H2,1-2H3/t10-,11+/m0/s1. The lowest BCUT2D eigenvalue weighted by Crippen LogP contribution is -2.41. The molecule has 80 valence electrons. The topological polar surface area (TPSA) is 36.3 Å². The van der Waals surface area contributed by atoms with Crippen LogP contribution < -0.4 is 0 Å². The van der Waals surface area contributed by atoms with Crippen LogP contribution in [0.5, 0.6) is 0 Å². The molecular formula is C11H13IN2O. The summed E-state index contributed by atoms with van der Waals surface area (Å²) in [6.45, 7) is 2.24. The molecule has 0 saturated heterocycles. The molecule has 0 N–H and O–H groups in total. The molecule has 1 aliphatic rings. The Labute approximate surface area is 104 Å². The predicted molar refractivity (Wildman–Crippen MR) is 67.1 cm³/mol. The molecule has 15 heavy (non-hydrogen) atoms. The SMILES string of the molecule is CC#CCO[C@@H]1[C@@H](I)CC(C#N)=CN1C. The maximum Gasteiger partial charge on any atom is 0.143 e. The normalized spacial score (nSPS) is 24.9. The molecule has 0 aromatic rings. The van der Waals surface area contributed by atoms with E-state index < -0.39 is 0 Å². The highest BCUT2D eigenvalue weighted by atomic mass is 127. The minimum atomic E-state index is 0.0172. The van der Waals surface area contributed by atoms with Gasteiger partial charge in [0.2, 0.25) is 0 Å². The first-order valence-corrected chi connectivity index (χ1v) is 5.91. The summed E-state index contributed by atoms with van der Waals surface area (Å²) in [7, 11) is 1.92. The third-order valence-corrected chi connectivity index (χ3v) is 3.19. The van der Waals surface area contributed by atoms with E-state index in [9.17, 15) is 0 Å². The van der Waals surface area contributed by atoms with Crippen molar-refractivity contribution in [2.45, 2.75) is 23.5 Å². The first-order chi connectivity index (χ1) is 7.19. The molecule has 0 amide bonds. The van der Waals surface area contributed by atoms with Gasteiger partial charge in [-0.05, 0) is 13.3 Å². The summed E-state index contributed by atoms with van der Waals surface area (Å²) in [6, 6.07) is 2.18. The van der Waals surface area contributed by atoms with Crippen LogP contribution in [0.4, 0.5) is 0 Å². The van der Waals surface area contributed by atoms with Crippen molar-refractivity contribution in [3.05, 3.63) is 11.8 Å². The molecule has 0 aliphatic carbocycles. The molecule has 0 fully saturated rings. The van der Waals surface area contributed by atoms with Crippen LogP contribution in [0.15, 0.2) is 11.8 Å². The molecule has 0 unspecified atom stereocenters. The molecule has 3 nitrogen and oxygen atoms in total. The van der Waals surface area contributed by atoms with Crippen molar-refractivity contribution in [1.82, 2.24) is 4.90 Å². The van der Waals surface area contributed by atoms with Crippen molar-refractivity contribution in [1.29, 1.82) is 5.26 Å². The highest BCUT2D eigenvalue weighted by Crippen LogP contribution is 2.26. The van der Waals surface area contributed by atoms with Crippen LogP contribution in [-0.2, 0) is 4.74 Å². The minimum absolute atomic E-state index is 0.0172. The summed E-state index contributed by atoms with van der Waals surface area (Å²) in [5.41, 5.74) is 0.804. The summed E-state index contributed by atoms with van der Waals surface area (Å²) in [4.78, 5) is 1.94. The number of hydrogen-bond donors (Lipinski definition) is 0. The lowest BCUT2D eigenvalue weighted by molar-refractivity contribution is -0.0121. The molecule has 0 aromatic carbocycles. The summed E-state index contributed by atoms with van der Waals surface area (Å²) in [5.74, 6) is 5.67. The van der Waals surface area contributed by atoms with Crippen LogP contribution in [0.3, 0.4) is 0 Å². The van der Waals surface area contributed by atoms with E-state index in [2.05, 4.69) is 40.5 Å². The van der Waals surface area contributed by atoms with Crippen molar-refractivity contribution in [2.24, 2.45) is 0 Å². The Hall–Kier alpha value is -0.720. The fourth-order valence-electron chi connectivity index (χ4n) is 1.43. The Kier molecular flexibility index (Phi) is 4.93. The Balaban J connectivity index is 2.62. The number of nitriles is 1. The third-order valence-electron chi connectivity index (χ3n) is 2.13. The summed E-state index contributed by atoms with van der Waals surface area (Å²) in [5, 5.41) is 8.82. The van der Waals surface area contributed by atoms with Crippen LogP contribution in [0.25, 0.3) is 0 Å². The van der Waals surface area contributed by atoms with Gasteiger partial charge in [-0.15, -0.1) is 5.92 Å². The number of halogens is 1. The molecule has 0 saturated carbocycles. The van der Waals surface area contributed by atoms with Crippen LogP contribution in [0.1, 0.15) is 13.3 Å². The lowest BCUT2D eigenvalue weighted by atomic mass is 10.1. The van der Waals surface area contributed by atoms with Gasteiger partial charge in [0.15, 0.2) is 0 Å². The quantitative estimate of drug-likeness (QED) is 0.443. The van der Waals surface area contributed by atoms with Gasteiger partial charge in [0.1, 0.15) is 12.8 Å². The minimum Gasteiger partial charge on any atom is -0.354 e. The fraction of sp³-hybridized carbons (Fsp3) is 0.545. The Morgan fingerprint density at radius 3 is 3.00 bits per heavy atom. The second-order valence-electron chi connectivity index (χ2n) is 3.28. The van der Waals surface area contributed by atoms with E-state index in [4.69, 9.17) is 10.00 Å². The van der Waals surface area contributed by atoms with Crippen molar-refractivity contribution in [3.8, 4) is 17.9 Å². The van der Waals surface area contributed by atoms with Gasteiger partial charge in [0, 0.05) is 18.8 Å². The molecule has 1 aliphatic heterocycles. The average Bonchev–Trinajstić information content (AvgIpc) is 2.22. The maximum absolute atomic E-state index is 8.82. The smallest absolute Gasteiger partial charge is 0.143 e. The van der Waals surface area contributed by atoms with E-state index in [1.54, 1.807) is 6.92 Å². The molecule has 0 radical (unpaired) electrons. The molecule has 2 atom stereocenters. The van der Waals surface area contributed by atoms with Gasteiger partial charge in [-0.1, -0.05) is 28.5 Å². The van der Waals surface area contributed by atoms with E-state index >= 15 is 0 Å². The largest absolute Gasteiger partial charge is 0.354 e. The molecule has 0 bridgehead atoms. The zero-order valence-corrected chi connectivity index (χ0v) is 11.0. The van der Waals surface area contributed by atoms with E-state index in [1.807, 2.05) is 18.1 Å². The zero-order chi connectivity index (χ0) is 11.3. The van der Waals surface area contributed by atoms with Gasteiger partial charge in [-0.3, -0.25) is 0 Å². The lowest BCUT2D eigenvalue weighted by Gasteiger charge is -2.34. The number of allylic oxidation sites excluding steroid dienone is 1. The van der Waals surface area contributed by atoms with Gasteiger partial charge in [-0.25, -0.2) is 0 Å². The van der Waals surface area contributed by atoms with E-state index in [0.29, 0.717) is 10.5 Å². The van der Waals surface area contributed by atoms with E-state index in [-0.39, 0.29) is 6.23 Å². The van der Waals surface area contributed by atoms with Gasteiger partial charge in [-0.2, -0.15) is 5.26 Å². The first-order valence-electron chi connectivity index (χ1n) is 4.67. The van der Waals surface area contributed by atoms with Crippen LogP contribution in [0.2, 0.25) is 0 Å². The molecule has 1 heterocycles. The monoisotopic (exact) mass is 316 g/mol. The van der Waals surface area contributed by atoms with Crippen LogP contribution >= 0.6 is 22.6 Å². The number of ether oxygens (including phenoxy) is 1. The second kappa shape index (κ2) is 5.99. The fourth-order valence-corrected chi connectivity index (χ4v) is 2.62. The van der Waals surface area contributed by atoms with Crippen molar-refractivity contribution >= 4 is 22.6 Å². The third kappa shape index (κ3) is 3.40. The molecule has 0 aromatic heterocycles. The molecular weight excluding hydrogens is 303 g/mol. The van der Waals surface area contributed by atoms with Gasteiger partial charge < -0.3 is 9.64 Å². The number of hydrogen-bond acceptors (Lipinski definition) is 3. The first kappa shape index (κ1) is 12.4. The van der Waals surface area contributed by atoms with E-state index in [1.165, 1.54) is 0 Å².